The molecule has 0 aliphatic carbocycles. The number of ether oxygens (including phenoxy) is 2. The van der Waals surface area contributed by atoms with Gasteiger partial charge in [-0.05, 0) is 38.1 Å². The van der Waals surface area contributed by atoms with Crippen LogP contribution in [-0.2, 0) is 0 Å². The molecule has 1 N–H and O–H groups in total. The van der Waals surface area contributed by atoms with Gasteiger partial charge in [-0.2, -0.15) is 0 Å². The summed E-state index contributed by atoms with van der Waals surface area (Å²) >= 11 is 1.82. The summed E-state index contributed by atoms with van der Waals surface area (Å²) in [6.45, 7) is 8.12. The summed E-state index contributed by atoms with van der Waals surface area (Å²) in [6, 6.07) is 10.6. The maximum absolute atomic E-state index is 5.77. The molecule has 0 saturated carbocycles. The molecule has 3 rings (SSSR count). The molecular weight excluding hydrogens is 270 g/mol. The van der Waals surface area contributed by atoms with Crippen molar-refractivity contribution in [3.63, 3.8) is 0 Å². The lowest BCUT2D eigenvalue weighted by molar-refractivity contribution is -0.0431. The summed E-state index contributed by atoms with van der Waals surface area (Å²) in [4.78, 5) is 2.67. The largest absolute Gasteiger partial charge is 0.449 e. The van der Waals surface area contributed by atoms with Crippen LogP contribution >= 0.6 is 11.3 Å². The molecular formula is C16H19NO2S. The Morgan fingerprint density at radius 3 is 2.55 bits per heavy atom. The standard InChI is InChI=1S/C16H19NO2S/c1-10-5-8-15(20-10)11(2)17-12-6-7-13-14(9-12)19-16(3,4)18-13/h5-9,11,17H,1-4H3. The fraction of sp³-hybridized carbons (Fsp3) is 0.375. The van der Waals surface area contributed by atoms with Crippen molar-refractivity contribution in [2.75, 3.05) is 5.32 Å². The molecule has 1 unspecified atom stereocenters. The lowest BCUT2D eigenvalue weighted by Crippen LogP contribution is -2.29. The van der Waals surface area contributed by atoms with Crippen LogP contribution in [0.3, 0.4) is 0 Å². The van der Waals surface area contributed by atoms with Crippen molar-refractivity contribution in [1.82, 2.24) is 0 Å². The summed E-state index contributed by atoms with van der Waals surface area (Å²) in [5, 5.41) is 3.50. The molecule has 2 aromatic rings. The minimum atomic E-state index is -0.572. The van der Waals surface area contributed by atoms with Crippen molar-refractivity contribution in [3.05, 3.63) is 40.1 Å². The van der Waals surface area contributed by atoms with Gasteiger partial charge in [0.25, 0.3) is 0 Å². The summed E-state index contributed by atoms with van der Waals surface area (Å²) in [7, 11) is 0. The molecule has 1 aliphatic heterocycles. The summed E-state index contributed by atoms with van der Waals surface area (Å²) in [5.41, 5.74) is 1.05. The average Bonchev–Trinajstić information content (AvgIpc) is 2.90. The van der Waals surface area contributed by atoms with Gasteiger partial charge in [-0.25, -0.2) is 0 Å². The summed E-state index contributed by atoms with van der Waals surface area (Å²) < 4.78 is 11.5. The molecule has 1 atom stereocenters. The summed E-state index contributed by atoms with van der Waals surface area (Å²) in [6.07, 6.45) is 0. The Balaban J connectivity index is 1.76. The first-order valence-electron chi connectivity index (χ1n) is 6.78. The number of anilines is 1. The molecule has 106 valence electrons. The van der Waals surface area contributed by atoms with Gasteiger partial charge in [-0.1, -0.05) is 0 Å². The molecule has 1 aromatic carbocycles. The minimum Gasteiger partial charge on any atom is -0.449 e. The second-order valence-corrected chi connectivity index (χ2v) is 6.90. The number of thiophene rings is 1. The third kappa shape index (κ3) is 2.61. The second-order valence-electron chi connectivity index (χ2n) is 5.58. The van der Waals surface area contributed by atoms with Gasteiger partial charge >= 0.3 is 0 Å². The highest BCUT2D eigenvalue weighted by molar-refractivity contribution is 7.12. The monoisotopic (exact) mass is 289 g/mol. The Kier molecular flexibility index (Phi) is 3.13. The van der Waals surface area contributed by atoms with E-state index in [0.717, 1.165) is 17.2 Å². The van der Waals surface area contributed by atoms with E-state index in [1.807, 2.05) is 43.4 Å². The van der Waals surface area contributed by atoms with Crippen LogP contribution in [0.1, 0.15) is 36.6 Å². The maximum atomic E-state index is 5.77. The summed E-state index contributed by atoms with van der Waals surface area (Å²) in [5.74, 6) is 1.03. The van der Waals surface area contributed by atoms with Crippen LogP contribution < -0.4 is 14.8 Å². The van der Waals surface area contributed by atoms with Crippen LogP contribution in [0, 0.1) is 6.92 Å². The van der Waals surface area contributed by atoms with E-state index in [9.17, 15) is 0 Å². The first kappa shape index (κ1) is 13.3. The molecule has 0 spiro atoms. The van der Waals surface area contributed by atoms with Gasteiger partial charge in [0, 0.05) is 35.4 Å². The zero-order valence-electron chi connectivity index (χ0n) is 12.2. The number of aryl methyl sites for hydroxylation is 1. The molecule has 0 radical (unpaired) electrons. The Morgan fingerprint density at radius 2 is 1.85 bits per heavy atom. The molecule has 3 nitrogen and oxygen atoms in total. The van der Waals surface area contributed by atoms with E-state index in [-0.39, 0.29) is 6.04 Å². The predicted molar refractivity (Wildman–Crippen MR) is 82.9 cm³/mol. The lowest BCUT2D eigenvalue weighted by atomic mass is 10.2. The van der Waals surface area contributed by atoms with E-state index in [2.05, 4.69) is 31.3 Å². The van der Waals surface area contributed by atoms with E-state index in [1.54, 1.807) is 0 Å². The number of hydrogen-bond donors (Lipinski definition) is 1. The molecule has 1 aromatic heterocycles. The number of nitrogens with one attached hydrogen (secondary N) is 1. The van der Waals surface area contributed by atoms with Gasteiger partial charge in [-0.3, -0.25) is 0 Å². The zero-order chi connectivity index (χ0) is 14.3. The molecule has 0 fully saturated rings. The first-order valence-corrected chi connectivity index (χ1v) is 7.59. The minimum absolute atomic E-state index is 0.280. The highest BCUT2D eigenvalue weighted by Crippen LogP contribution is 2.41. The number of benzene rings is 1. The average molecular weight is 289 g/mol. The van der Waals surface area contributed by atoms with E-state index < -0.39 is 5.79 Å². The molecule has 4 heteroatoms. The van der Waals surface area contributed by atoms with E-state index in [1.165, 1.54) is 9.75 Å². The van der Waals surface area contributed by atoms with Crippen molar-refractivity contribution in [2.45, 2.75) is 39.5 Å². The topological polar surface area (TPSA) is 30.5 Å². The Hall–Kier alpha value is -1.68. The molecule has 1 aliphatic rings. The molecule has 0 saturated heterocycles. The molecule has 20 heavy (non-hydrogen) atoms. The van der Waals surface area contributed by atoms with Crippen LogP contribution in [-0.4, -0.2) is 5.79 Å². The lowest BCUT2D eigenvalue weighted by Gasteiger charge is -2.16. The highest BCUT2D eigenvalue weighted by Gasteiger charge is 2.31. The predicted octanol–water partition coefficient (Wildman–Crippen LogP) is 4.74. The van der Waals surface area contributed by atoms with Crippen molar-refractivity contribution in [2.24, 2.45) is 0 Å². The quantitative estimate of drug-likeness (QED) is 0.885. The smallest absolute Gasteiger partial charge is 0.246 e. The SMILES string of the molecule is Cc1ccc(C(C)Nc2ccc3c(c2)OC(C)(C)O3)s1. The number of rotatable bonds is 3. The van der Waals surface area contributed by atoms with Gasteiger partial charge in [0.05, 0.1) is 6.04 Å². The van der Waals surface area contributed by atoms with Crippen molar-refractivity contribution >= 4 is 17.0 Å². The van der Waals surface area contributed by atoms with Gasteiger partial charge in [0.2, 0.25) is 5.79 Å². The number of fused-ring (bicyclic) bond motifs is 1. The van der Waals surface area contributed by atoms with E-state index >= 15 is 0 Å². The Bertz CT molecular complexity index is 633. The van der Waals surface area contributed by atoms with Crippen LogP contribution in [0.5, 0.6) is 11.5 Å². The van der Waals surface area contributed by atoms with Crippen LogP contribution in [0.4, 0.5) is 5.69 Å². The third-order valence-electron chi connectivity index (χ3n) is 3.23. The maximum Gasteiger partial charge on any atom is 0.246 e. The van der Waals surface area contributed by atoms with E-state index in [4.69, 9.17) is 9.47 Å². The van der Waals surface area contributed by atoms with Crippen LogP contribution in [0.25, 0.3) is 0 Å². The zero-order valence-corrected chi connectivity index (χ0v) is 13.0. The second kappa shape index (κ2) is 4.70. The highest BCUT2D eigenvalue weighted by atomic mass is 32.1. The Labute approximate surface area is 123 Å². The third-order valence-corrected chi connectivity index (χ3v) is 4.41. The van der Waals surface area contributed by atoms with Crippen molar-refractivity contribution in [1.29, 1.82) is 0 Å². The van der Waals surface area contributed by atoms with E-state index in [0.29, 0.717) is 0 Å². The first-order chi connectivity index (χ1) is 9.43. The van der Waals surface area contributed by atoms with Gasteiger partial charge < -0.3 is 14.8 Å². The normalized spacial score (nSPS) is 17.0. The van der Waals surface area contributed by atoms with Gasteiger partial charge in [0.15, 0.2) is 11.5 Å². The van der Waals surface area contributed by atoms with Crippen molar-refractivity contribution in [3.8, 4) is 11.5 Å². The number of hydrogen-bond acceptors (Lipinski definition) is 4. The molecule has 0 amide bonds. The van der Waals surface area contributed by atoms with Gasteiger partial charge in [0.1, 0.15) is 0 Å². The molecule has 2 heterocycles. The Morgan fingerprint density at radius 1 is 1.10 bits per heavy atom. The van der Waals surface area contributed by atoms with Gasteiger partial charge in [-0.15, -0.1) is 11.3 Å². The van der Waals surface area contributed by atoms with Crippen LogP contribution in [0.15, 0.2) is 30.3 Å². The van der Waals surface area contributed by atoms with Crippen LogP contribution in [0.2, 0.25) is 0 Å². The molecule has 0 bridgehead atoms. The fourth-order valence-corrected chi connectivity index (χ4v) is 3.20. The fourth-order valence-electron chi connectivity index (χ4n) is 2.32. The van der Waals surface area contributed by atoms with Crippen molar-refractivity contribution < 1.29 is 9.47 Å².